The number of hydrogen-bond donors (Lipinski definition) is 1. The Morgan fingerprint density at radius 3 is 2.44 bits per heavy atom. The van der Waals surface area contributed by atoms with Crippen molar-refractivity contribution in [2.24, 2.45) is 5.10 Å². The lowest BCUT2D eigenvalue weighted by molar-refractivity contribution is -0.123. The molecule has 0 heterocycles. The first-order valence-electron chi connectivity index (χ1n) is 12.0. The number of benzene rings is 4. The van der Waals surface area contributed by atoms with Gasteiger partial charge in [0.1, 0.15) is 23.9 Å². The summed E-state index contributed by atoms with van der Waals surface area (Å²) >= 11 is 0. The largest absolute Gasteiger partial charge is 0.488 e. The predicted molar refractivity (Wildman–Crippen MR) is 141 cm³/mol. The zero-order chi connectivity index (χ0) is 25.2. The van der Waals surface area contributed by atoms with Crippen LogP contribution in [0.1, 0.15) is 36.5 Å². The van der Waals surface area contributed by atoms with E-state index in [1.54, 1.807) is 18.3 Å². The second kappa shape index (κ2) is 12.5. The molecular formula is C30H29FN2O3. The van der Waals surface area contributed by atoms with E-state index in [1.165, 1.54) is 17.7 Å². The van der Waals surface area contributed by atoms with Crippen molar-refractivity contribution in [3.63, 3.8) is 0 Å². The highest BCUT2D eigenvalue weighted by Gasteiger charge is 2.09. The highest BCUT2D eigenvalue weighted by atomic mass is 19.1. The number of nitrogens with one attached hydrogen (secondary N) is 1. The minimum Gasteiger partial charge on any atom is -0.488 e. The molecule has 0 saturated heterocycles. The SMILES string of the molecule is CCCCc1ccc(OCC(=O)N/N=C/c2c(OCc3ccc(F)cc3)ccc3ccccc23)cc1. The van der Waals surface area contributed by atoms with Gasteiger partial charge in [-0.1, -0.05) is 67.9 Å². The van der Waals surface area contributed by atoms with Crippen molar-refractivity contribution in [1.82, 2.24) is 5.43 Å². The number of ether oxygens (including phenoxy) is 2. The van der Waals surface area contributed by atoms with E-state index in [9.17, 15) is 9.18 Å². The number of halogens is 1. The molecule has 0 bridgehead atoms. The molecule has 0 atom stereocenters. The van der Waals surface area contributed by atoms with Gasteiger partial charge in [-0.25, -0.2) is 9.82 Å². The number of carbonyl (C=O) groups is 1. The minimum absolute atomic E-state index is 0.144. The van der Waals surface area contributed by atoms with Gasteiger partial charge >= 0.3 is 0 Å². The third-order valence-electron chi connectivity index (χ3n) is 5.73. The Bertz CT molecular complexity index is 1320. The van der Waals surface area contributed by atoms with E-state index < -0.39 is 0 Å². The molecule has 4 aromatic carbocycles. The summed E-state index contributed by atoms with van der Waals surface area (Å²) < 4.78 is 24.8. The molecule has 36 heavy (non-hydrogen) atoms. The Morgan fingerprint density at radius 1 is 0.917 bits per heavy atom. The number of aryl methyl sites for hydroxylation is 1. The molecule has 4 rings (SSSR count). The van der Waals surface area contributed by atoms with Gasteiger partial charge in [-0.3, -0.25) is 4.79 Å². The monoisotopic (exact) mass is 484 g/mol. The van der Waals surface area contributed by atoms with Crippen LogP contribution in [0.2, 0.25) is 0 Å². The Balaban J connectivity index is 1.39. The Labute approximate surface area is 210 Å². The lowest BCUT2D eigenvalue weighted by atomic mass is 10.0. The molecule has 0 aliphatic carbocycles. The smallest absolute Gasteiger partial charge is 0.277 e. The maximum absolute atomic E-state index is 13.2. The second-order valence-electron chi connectivity index (χ2n) is 8.44. The summed E-state index contributed by atoms with van der Waals surface area (Å²) in [5.74, 6) is 0.590. The molecule has 0 spiro atoms. The van der Waals surface area contributed by atoms with Crippen molar-refractivity contribution >= 4 is 22.9 Å². The molecule has 0 fully saturated rings. The first-order valence-corrected chi connectivity index (χ1v) is 12.0. The van der Waals surface area contributed by atoms with Gasteiger partial charge in [-0.15, -0.1) is 0 Å². The number of fused-ring (bicyclic) bond motifs is 1. The minimum atomic E-state index is -0.365. The van der Waals surface area contributed by atoms with Gasteiger partial charge in [0.25, 0.3) is 5.91 Å². The number of hydrazone groups is 1. The maximum atomic E-state index is 13.2. The summed E-state index contributed by atoms with van der Waals surface area (Å²) in [6.07, 6.45) is 4.91. The molecule has 5 nitrogen and oxygen atoms in total. The van der Waals surface area contributed by atoms with Crippen molar-refractivity contribution < 1.29 is 18.7 Å². The molecule has 1 N–H and O–H groups in total. The summed E-state index contributed by atoms with van der Waals surface area (Å²) in [5, 5.41) is 6.10. The van der Waals surface area contributed by atoms with Crippen molar-refractivity contribution in [2.75, 3.05) is 6.61 Å². The number of rotatable bonds is 11. The average molecular weight is 485 g/mol. The Hall–Kier alpha value is -4.19. The molecule has 1 amide bonds. The number of carbonyl (C=O) groups excluding carboxylic acids is 1. The summed E-state index contributed by atoms with van der Waals surface area (Å²) in [6, 6.07) is 25.7. The predicted octanol–water partition coefficient (Wildman–Crippen LogP) is 6.43. The van der Waals surface area contributed by atoms with E-state index >= 15 is 0 Å². The Kier molecular flexibility index (Phi) is 8.65. The zero-order valence-electron chi connectivity index (χ0n) is 20.2. The van der Waals surface area contributed by atoms with Crippen molar-refractivity contribution in [1.29, 1.82) is 0 Å². The fourth-order valence-corrected chi connectivity index (χ4v) is 3.76. The van der Waals surface area contributed by atoms with Crippen LogP contribution in [0, 0.1) is 5.82 Å². The van der Waals surface area contributed by atoms with Gasteiger partial charge in [0.15, 0.2) is 6.61 Å². The second-order valence-corrected chi connectivity index (χ2v) is 8.44. The van der Waals surface area contributed by atoms with Crippen LogP contribution < -0.4 is 14.9 Å². The van der Waals surface area contributed by atoms with Gasteiger partial charge in [-0.05, 0) is 65.1 Å². The van der Waals surface area contributed by atoms with Crippen LogP contribution in [0.4, 0.5) is 4.39 Å². The molecule has 0 unspecified atom stereocenters. The molecular weight excluding hydrogens is 455 g/mol. The van der Waals surface area contributed by atoms with Crippen LogP contribution in [-0.4, -0.2) is 18.7 Å². The number of amides is 1. The molecule has 4 aromatic rings. The maximum Gasteiger partial charge on any atom is 0.277 e. The summed E-state index contributed by atoms with van der Waals surface area (Å²) in [4.78, 5) is 12.3. The molecule has 0 aromatic heterocycles. The van der Waals surface area contributed by atoms with Gasteiger partial charge in [0, 0.05) is 5.56 Å². The number of nitrogens with zero attached hydrogens (tertiary/aromatic N) is 1. The standard InChI is InChI=1S/C30H29FN2O3/c1-2-3-6-22-11-16-26(17-12-22)35-21-30(34)33-32-19-28-27-8-5-4-7-24(27)13-18-29(28)36-20-23-9-14-25(31)15-10-23/h4-5,7-19H,2-3,6,20-21H2,1H3,(H,33,34)/b32-19+. The first kappa shape index (κ1) is 24.9. The van der Waals surface area contributed by atoms with E-state index in [0.29, 0.717) is 11.5 Å². The molecule has 0 radical (unpaired) electrons. The third-order valence-corrected chi connectivity index (χ3v) is 5.73. The van der Waals surface area contributed by atoms with Crippen LogP contribution in [0.3, 0.4) is 0 Å². The first-order chi connectivity index (χ1) is 17.6. The van der Waals surface area contributed by atoms with Crippen LogP contribution in [0.15, 0.2) is 90.0 Å². The van der Waals surface area contributed by atoms with Crippen LogP contribution >= 0.6 is 0 Å². The molecule has 0 aliphatic rings. The van der Waals surface area contributed by atoms with Crippen LogP contribution in [0.25, 0.3) is 10.8 Å². The summed E-state index contributed by atoms with van der Waals surface area (Å²) in [5.41, 5.74) is 5.36. The van der Waals surface area contributed by atoms with Crippen molar-refractivity contribution in [2.45, 2.75) is 32.8 Å². The van der Waals surface area contributed by atoms with Crippen molar-refractivity contribution in [3.8, 4) is 11.5 Å². The number of hydrogen-bond acceptors (Lipinski definition) is 4. The topological polar surface area (TPSA) is 59.9 Å². The average Bonchev–Trinajstić information content (AvgIpc) is 2.91. The lowest BCUT2D eigenvalue weighted by Crippen LogP contribution is -2.24. The Morgan fingerprint density at radius 2 is 1.67 bits per heavy atom. The molecule has 0 saturated carbocycles. The third kappa shape index (κ3) is 6.92. The van der Waals surface area contributed by atoms with Gasteiger partial charge in [0.05, 0.1) is 6.21 Å². The van der Waals surface area contributed by atoms with Crippen LogP contribution in [-0.2, 0) is 17.8 Å². The van der Waals surface area contributed by atoms with Gasteiger partial charge in [-0.2, -0.15) is 5.10 Å². The quantitative estimate of drug-likeness (QED) is 0.197. The number of unbranched alkanes of at least 4 members (excludes halogenated alkanes) is 1. The fourth-order valence-electron chi connectivity index (χ4n) is 3.76. The highest BCUT2D eigenvalue weighted by molar-refractivity contribution is 6.02. The van der Waals surface area contributed by atoms with E-state index in [4.69, 9.17) is 9.47 Å². The van der Waals surface area contributed by atoms with Gasteiger partial charge < -0.3 is 9.47 Å². The molecule has 0 aliphatic heterocycles. The normalized spacial score (nSPS) is 11.1. The summed E-state index contributed by atoms with van der Waals surface area (Å²) in [7, 11) is 0. The van der Waals surface area contributed by atoms with E-state index in [0.717, 1.165) is 41.2 Å². The summed E-state index contributed by atoms with van der Waals surface area (Å²) in [6.45, 7) is 2.30. The van der Waals surface area contributed by atoms with E-state index in [2.05, 4.69) is 17.5 Å². The van der Waals surface area contributed by atoms with E-state index in [-0.39, 0.29) is 24.9 Å². The van der Waals surface area contributed by atoms with E-state index in [1.807, 2.05) is 60.7 Å². The molecule has 6 heteroatoms. The molecule has 184 valence electrons. The highest BCUT2D eigenvalue weighted by Crippen LogP contribution is 2.27. The van der Waals surface area contributed by atoms with Crippen LogP contribution in [0.5, 0.6) is 11.5 Å². The fraction of sp³-hybridized carbons (Fsp3) is 0.200. The lowest BCUT2D eigenvalue weighted by Gasteiger charge is -2.12. The zero-order valence-corrected chi connectivity index (χ0v) is 20.2. The van der Waals surface area contributed by atoms with Gasteiger partial charge in [0.2, 0.25) is 0 Å². The van der Waals surface area contributed by atoms with Crippen molar-refractivity contribution in [3.05, 3.63) is 107 Å².